The third-order valence-electron chi connectivity index (χ3n) is 3.56. The van der Waals surface area contributed by atoms with Gasteiger partial charge in [-0.2, -0.15) is 0 Å². The number of anilines is 1. The van der Waals surface area contributed by atoms with Crippen LogP contribution in [0.1, 0.15) is 12.8 Å². The zero-order valence-electron chi connectivity index (χ0n) is 12.7. The Morgan fingerprint density at radius 1 is 1.30 bits per heavy atom. The molecule has 0 saturated heterocycles. The summed E-state index contributed by atoms with van der Waals surface area (Å²) in [6.07, 6.45) is 3.13. The average Bonchev–Trinajstić information content (AvgIpc) is 3.15. The molecule has 2 amide bonds. The number of rotatable bonds is 6. The second-order valence-electron chi connectivity index (χ2n) is 5.55. The SMILES string of the molecule is CS(=O)(=O)N(CCNC(=O)NC1CC1)c1ccc2c(c1)OCO2. The van der Waals surface area contributed by atoms with E-state index in [4.69, 9.17) is 9.47 Å². The first-order valence-corrected chi connectivity index (χ1v) is 9.20. The van der Waals surface area contributed by atoms with Crippen LogP contribution in [0.25, 0.3) is 0 Å². The Hall–Kier alpha value is -2.16. The Bertz CT molecular complexity index is 702. The van der Waals surface area contributed by atoms with Crippen LogP contribution in [-0.4, -0.2) is 46.6 Å². The predicted octanol–water partition coefficient (Wildman–Crippen LogP) is 0.643. The van der Waals surface area contributed by atoms with Crippen LogP contribution in [-0.2, 0) is 10.0 Å². The van der Waals surface area contributed by atoms with Gasteiger partial charge in [0.15, 0.2) is 11.5 Å². The van der Waals surface area contributed by atoms with E-state index in [1.807, 2.05) is 0 Å². The van der Waals surface area contributed by atoms with Gasteiger partial charge in [0.05, 0.1) is 18.5 Å². The molecule has 0 atom stereocenters. The minimum atomic E-state index is -3.48. The van der Waals surface area contributed by atoms with Crippen LogP contribution in [0.5, 0.6) is 11.5 Å². The number of fused-ring (bicyclic) bond motifs is 1. The number of amides is 2. The lowest BCUT2D eigenvalue weighted by Crippen LogP contribution is -2.42. The molecule has 23 heavy (non-hydrogen) atoms. The van der Waals surface area contributed by atoms with Crippen molar-refractivity contribution in [3.8, 4) is 11.5 Å². The number of sulfonamides is 1. The zero-order valence-corrected chi connectivity index (χ0v) is 13.6. The van der Waals surface area contributed by atoms with Crippen LogP contribution in [0.15, 0.2) is 18.2 Å². The molecule has 1 aromatic rings. The Morgan fingerprint density at radius 3 is 2.74 bits per heavy atom. The highest BCUT2D eigenvalue weighted by Crippen LogP contribution is 2.35. The van der Waals surface area contributed by atoms with Crippen molar-refractivity contribution >= 4 is 21.7 Å². The summed E-state index contributed by atoms with van der Waals surface area (Å²) in [6, 6.07) is 4.93. The van der Waals surface area contributed by atoms with E-state index in [0.29, 0.717) is 17.2 Å². The lowest BCUT2D eigenvalue weighted by Gasteiger charge is -2.22. The molecule has 3 rings (SSSR count). The van der Waals surface area contributed by atoms with E-state index in [-0.39, 0.29) is 32.0 Å². The topological polar surface area (TPSA) is 97.0 Å². The van der Waals surface area contributed by atoms with Gasteiger partial charge in [0, 0.05) is 18.7 Å². The Kier molecular flexibility index (Phi) is 4.20. The molecule has 9 heteroatoms. The van der Waals surface area contributed by atoms with Crippen LogP contribution in [0.4, 0.5) is 10.5 Å². The van der Waals surface area contributed by atoms with Crippen molar-refractivity contribution in [3.05, 3.63) is 18.2 Å². The van der Waals surface area contributed by atoms with Crippen molar-refractivity contribution in [3.63, 3.8) is 0 Å². The van der Waals surface area contributed by atoms with Crippen molar-refractivity contribution in [2.45, 2.75) is 18.9 Å². The predicted molar refractivity (Wildman–Crippen MR) is 84.3 cm³/mol. The zero-order chi connectivity index (χ0) is 16.4. The fraction of sp³-hybridized carbons (Fsp3) is 0.500. The van der Waals surface area contributed by atoms with Crippen LogP contribution in [0.3, 0.4) is 0 Å². The molecular formula is C14H19N3O5S. The van der Waals surface area contributed by atoms with E-state index >= 15 is 0 Å². The number of hydrogen-bond donors (Lipinski definition) is 2. The molecule has 1 aromatic carbocycles. The molecule has 1 fully saturated rings. The molecule has 1 aliphatic heterocycles. The molecule has 1 aliphatic carbocycles. The summed E-state index contributed by atoms with van der Waals surface area (Å²) in [5.74, 6) is 1.10. The Balaban J connectivity index is 1.64. The number of hydrogen-bond acceptors (Lipinski definition) is 5. The van der Waals surface area contributed by atoms with Gasteiger partial charge >= 0.3 is 6.03 Å². The molecule has 126 valence electrons. The Labute approximate surface area is 134 Å². The smallest absolute Gasteiger partial charge is 0.315 e. The maximum absolute atomic E-state index is 12.0. The molecule has 1 saturated carbocycles. The van der Waals surface area contributed by atoms with Crippen LogP contribution in [0.2, 0.25) is 0 Å². The van der Waals surface area contributed by atoms with E-state index in [2.05, 4.69) is 10.6 Å². The van der Waals surface area contributed by atoms with Gasteiger partial charge in [-0.1, -0.05) is 0 Å². The molecule has 0 spiro atoms. The molecule has 0 bridgehead atoms. The second kappa shape index (κ2) is 6.15. The number of urea groups is 1. The number of ether oxygens (including phenoxy) is 2. The number of benzene rings is 1. The molecule has 2 aliphatic rings. The van der Waals surface area contributed by atoms with Gasteiger partial charge in [0.2, 0.25) is 16.8 Å². The highest BCUT2D eigenvalue weighted by Gasteiger charge is 2.24. The first-order chi connectivity index (χ1) is 10.9. The number of carbonyl (C=O) groups excluding carboxylic acids is 1. The van der Waals surface area contributed by atoms with Gasteiger partial charge < -0.3 is 20.1 Å². The quantitative estimate of drug-likeness (QED) is 0.791. The molecule has 0 aromatic heterocycles. The minimum absolute atomic E-state index is 0.126. The van der Waals surface area contributed by atoms with Gasteiger partial charge in [-0.3, -0.25) is 4.31 Å². The van der Waals surface area contributed by atoms with E-state index < -0.39 is 10.0 Å². The standard InChI is InChI=1S/C14H19N3O5S/c1-23(19,20)17(7-6-15-14(18)16-10-2-3-10)11-4-5-12-13(8-11)22-9-21-12/h4-5,8,10H,2-3,6-7,9H2,1H3,(H2,15,16,18). The summed E-state index contributed by atoms with van der Waals surface area (Å²) >= 11 is 0. The normalized spacial score (nSPS) is 16.0. The van der Waals surface area contributed by atoms with Crippen LogP contribution < -0.4 is 24.4 Å². The molecule has 1 heterocycles. The maximum atomic E-state index is 12.0. The van der Waals surface area contributed by atoms with Crippen molar-refractivity contribution in [2.75, 3.05) is 30.4 Å². The summed E-state index contributed by atoms with van der Waals surface area (Å²) in [5.41, 5.74) is 0.473. The third-order valence-corrected chi connectivity index (χ3v) is 4.75. The lowest BCUT2D eigenvalue weighted by molar-refractivity contribution is 0.174. The monoisotopic (exact) mass is 341 g/mol. The summed E-state index contributed by atoms with van der Waals surface area (Å²) in [5, 5.41) is 5.45. The first kappa shape index (κ1) is 15.7. The van der Waals surface area contributed by atoms with Gasteiger partial charge in [0.25, 0.3) is 0 Å². The molecule has 0 radical (unpaired) electrons. The molecular weight excluding hydrogens is 322 g/mol. The van der Waals surface area contributed by atoms with Crippen molar-refractivity contribution < 1.29 is 22.7 Å². The van der Waals surface area contributed by atoms with E-state index in [1.54, 1.807) is 18.2 Å². The molecule has 8 nitrogen and oxygen atoms in total. The van der Waals surface area contributed by atoms with E-state index in [9.17, 15) is 13.2 Å². The van der Waals surface area contributed by atoms with Crippen molar-refractivity contribution in [2.24, 2.45) is 0 Å². The average molecular weight is 341 g/mol. The third kappa shape index (κ3) is 3.98. The van der Waals surface area contributed by atoms with Crippen molar-refractivity contribution in [1.29, 1.82) is 0 Å². The summed E-state index contributed by atoms with van der Waals surface area (Å²) < 4.78 is 35.8. The number of nitrogens with zero attached hydrogens (tertiary/aromatic N) is 1. The minimum Gasteiger partial charge on any atom is -0.454 e. The summed E-state index contributed by atoms with van der Waals surface area (Å²) in [6.45, 7) is 0.469. The number of nitrogens with one attached hydrogen (secondary N) is 2. The van der Waals surface area contributed by atoms with Crippen LogP contribution in [0, 0.1) is 0 Å². The number of carbonyl (C=O) groups is 1. The highest BCUT2D eigenvalue weighted by atomic mass is 32.2. The van der Waals surface area contributed by atoms with Crippen LogP contribution >= 0.6 is 0 Å². The van der Waals surface area contributed by atoms with E-state index in [0.717, 1.165) is 19.1 Å². The van der Waals surface area contributed by atoms with Crippen molar-refractivity contribution in [1.82, 2.24) is 10.6 Å². The fourth-order valence-corrected chi connectivity index (χ4v) is 3.18. The van der Waals surface area contributed by atoms with E-state index in [1.165, 1.54) is 4.31 Å². The first-order valence-electron chi connectivity index (χ1n) is 7.35. The summed E-state index contributed by atoms with van der Waals surface area (Å²) in [4.78, 5) is 11.6. The largest absolute Gasteiger partial charge is 0.454 e. The second-order valence-corrected chi connectivity index (χ2v) is 7.45. The van der Waals surface area contributed by atoms with Gasteiger partial charge in [-0.15, -0.1) is 0 Å². The maximum Gasteiger partial charge on any atom is 0.315 e. The Morgan fingerprint density at radius 2 is 2.04 bits per heavy atom. The lowest BCUT2D eigenvalue weighted by atomic mass is 10.3. The molecule has 2 N–H and O–H groups in total. The van der Waals surface area contributed by atoms with Gasteiger partial charge in [-0.05, 0) is 25.0 Å². The van der Waals surface area contributed by atoms with Gasteiger partial charge in [-0.25, -0.2) is 13.2 Å². The highest BCUT2D eigenvalue weighted by molar-refractivity contribution is 7.92. The van der Waals surface area contributed by atoms with Gasteiger partial charge in [0.1, 0.15) is 0 Å². The summed E-state index contributed by atoms with van der Waals surface area (Å²) in [7, 11) is -3.48. The molecule has 0 unspecified atom stereocenters. The fourth-order valence-electron chi connectivity index (χ4n) is 2.26.